The first-order valence-corrected chi connectivity index (χ1v) is 12.3. The van der Waals surface area contributed by atoms with Gasteiger partial charge in [0.25, 0.3) is 0 Å². The second kappa shape index (κ2) is 9.86. The molecule has 4 rings (SSSR count). The molecule has 0 aliphatic carbocycles. The van der Waals surface area contributed by atoms with E-state index in [0.29, 0.717) is 12.4 Å². The third-order valence-corrected chi connectivity index (χ3v) is 7.19. The van der Waals surface area contributed by atoms with Crippen LogP contribution in [0.15, 0.2) is 41.4 Å². The number of carbonyl (C=O) groups is 1. The average Bonchev–Trinajstić information content (AvgIpc) is 3.25. The van der Waals surface area contributed by atoms with E-state index < -0.39 is 0 Å². The van der Waals surface area contributed by atoms with Crippen LogP contribution < -0.4 is 15.0 Å². The van der Waals surface area contributed by atoms with Crippen LogP contribution in [0, 0.1) is 20.8 Å². The number of carbonyl (C=O) groups excluding carboxylic acids is 1. The average molecular weight is 477 g/mol. The van der Waals surface area contributed by atoms with Gasteiger partial charge in [-0.3, -0.25) is 20.1 Å². The van der Waals surface area contributed by atoms with E-state index in [9.17, 15) is 4.79 Å². The fraction of sp³-hybridized carbons (Fsp3) is 0.448. The van der Waals surface area contributed by atoms with Gasteiger partial charge in [0.05, 0.1) is 17.8 Å². The number of benzene rings is 2. The smallest absolute Gasteiger partial charge is 0.308 e. The third-order valence-electron chi connectivity index (χ3n) is 7.19. The molecule has 0 aromatic heterocycles. The van der Waals surface area contributed by atoms with Crippen molar-refractivity contribution in [3.8, 4) is 11.5 Å². The second-order valence-electron chi connectivity index (χ2n) is 10.2. The molecule has 2 unspecified atom stereocenters. The SMILES string of the molecule is CC(=O)Oc1c(C)c(C)c2c(c1C)CCC(C)(Cc1ccccc1NOCCC1(C)C=CC=N1)O2. The number of esters is 1. The highest BCUT2D eigenvalue weighted by atomic mass is 16.6. The molecular weight excluding hydrogens is 440 g/mol. The van der Waals surface area contributed by atoms with Crippen LogP contribution in [-0.4, -0.2) is 29.9 Å². The first kappa shape index (κ1) is 25.0. The molecule has 35 heavy (non-hydrogen) atoms. The lowest BCUT2D eigenvalue weighted by Crippen LogP contribution is -2.39. The lowest BCUT2D eigenvalue weighted by molar-refractivity contribution is -0.132. The number of para-hydroxylation sites is 1. The molecule has 2 aliphatic heterocycles. The first-order valence-electron chi connectivity index (χ1n) is 12.3. The van der Waals surface area contributed by atoms with Crippen molar-refractivity contribution >= 4 is 17.9 Å². The standard InChI is InChI=1S/C29H36N2O4/c1-19-20(2)27-24(21(3)26(19)34-22(4)32)12-14-29(6,35-27)18-23-10-7-8-11-25(23)31-33-17-15-28(5)13-9-16-30-28/h7-11,13,16,31H,12,14-15,17-18H2,1-6H3. The zero-order chi connectivity index (χ0) is 25.2. The van der Waals surface area contributed by atoms with Crippen molar-refractivity contribution in [2.24, 2.45) is 4.99 Å². The fourth-order valence-corrected chi connectivity index (χ4v) is 4.92. The summed E-state index contributed by atoms with van der Waals surface area (Å²) in [6.07, 6.45) is 9.20. The summed E-state index contributed by atoms with van der Waals surface area (Å²) in [6.45, 7) is 12.3. The summed E-state index contributed by atoms with van der Waals surface area (Å²) >= 11 is 0. The van der Waals surface area contributed by atoms with Gasteiger partial charge in [0, 0.05) is 31.5 Å². The van der Waals surface area contributed by atoms with Crippen molar-refractivity contribution in [2.75, 3.05) is 12.1 Å². The quantitative estimate of drug-likeness (QED) is 0.219. The molecule has 0 bridgehead atoms. The predicted octanol–water partition coefficient (Wildman–Crippen LogP) is 6.00. The molecule has 2 atom stereocenters. The Hall–Kier alpha value is -3.12. The molecule has 0 amide bonds. The molecule has 6 heteroatoms. The van der Waals surface area contributed by atoms with E-state index in [1.807, 2.05) is 51.3 Å². The Balaban J connectivity index is 1.48. The minimum absolute atomic E-state index is 0.179. The number of hydrogen-bond donors (Lipinski definition) is 1. The van der Waals surface area contributed by atoms with Gasteiger partial charge >= 0.3 is 5.97 Å². The molecular formula is C29H36N2O4. The molecule has 186 valence electrons. The molecule has 0 saturated carbocycles. The number of allylic oxidation sites excluding steroid dienone is 1. The van der Waals surface area contributed by atoms with E-state index in [0.717, 1.165) is 64.9 Å². The van der Waals surface area contributed by atoms with Crippen LogP contribution >= 0.6 is 0 Å². The maximum Gasteiger partial charge on any atom is 0.308 e. The Morgan fingerprint density at radius 3 is 2.63 bits per heavy atom. The van der Waals surface area contributed by atoms with Gasteiger partial charge in [0.2, 0.25) is 0 Å². The lowest BCUT2D eigenvalue weighted by atomic mass is 9.84. The van der Waals surface area contributed by atoms with E-state index in [4.69, 9.17) is 14.3 Å². The Morgan fingerprint density at radius 1 is 1.14 bits per heavy atom. The summed E-state index contributed by atoms with van der Waals surface area (Å²) in [7, 11) is 0. The highest BCUT2D eigenvalue weighted by Crippen LogP contribution is 2.44. The molecule has 2 aliphatic rings. The number of aliphatic imine (C=N–C) groups is 1. The summed E-state index contributed by atoms with van der Waals surface area (Å²) < 4.78 is 12.2. The number of fused-ring (bicyclic) bond motifs is 1. The minimum atomic E-state index is -0.367. The van der Waals surface area contributed by atoms with Crippen LogP contribution in [-0.2, 0) is 22.5 Å². The first-order chi connectivity index (χ1) is 16.6. The predicted molar refractivity (Wildman–Crippen MR) is 140 cm³/mol. The summed E-state index contributed by atoms with van der Waals surface area (Å²) in [4.78, 5) is 21.9. The molecule has 2 aromatic carbocycles. The maximum atomic E-state index is 11.6. The Bertz CT molecular complexity index is 1170. The van der Waals surface area contributed by atoms with Gasteiger partial charge in [-0.1, -0.05) is 24.3 Å². The topological polar surface area (TPSA) is 69.2 Å². The molecule has 1 N–H and O–H groups in total. The number of ether oxygens (including phenoxy) is 2. The van der Waals surface area contributed by atoms with E-state index in [1.165, 1.54) is 6.92 Å². The second-order valence-corrected chi connectivity index (χ2v) is 10.2. The molecule has 0 spiro atoms. The van der Waals surface area contributed by atoms with Crippen LogP contribution in [0.1, 0.15) is 61.4 Å². The molecule has 2 aromatic rings. The molecule has 0 fully saturated rings. The number of nitrogens with one attached hydrogen (secondary N) is 1. The zero-order valence-corrected chi connectivity index (χ0v) is 21.7. The summed E-state index contributed by atoms with van der Waals surface area (Å²) in [5.74, 6) is 1.29. The Labute approximate surface area is 208 Å². The number of rotatable bonds is 8. The van der Waals surface area contributed by atoms with Crippen LogP contribution in [0.3, 0.4) is 0 Å². The van der Waals surface area contributed by atoms with E-state index in [-0.39, 0.29) is 17.1 Å². The van der Waals surface area contributed by atoms with Crippen LogP contribution in [0.5, 0.6) is 11.5 Å². The minimum Gasteiger partial charge on any atom is -0.487 e. The summed E-state index contributed by atoms with van der Waals surface area (Å²) in [5.41, 5.74) is 8.81. The van der Waals surface area contributed by atoms with Gasteiger partial charge in [0.1, 0.15) is 17.1 Å². The van der Waals surface area contributed by atoms with Crippen LogP contribution in [0.2, 0.25) is 0 Å². The van der Waals surface area contributed by atoms with Gasteiger partial charge in [0.15, 0.2) is 0 Å². The zero-order valence-electron chi connectivity index (χ0n) is 21.7. The van der Waals surface area contributed by atoms with Crippen molar-refractivity contribution in [2.45, 2.75) is 78.4 Å². The monoisotopic (exact) mass is 476 g/mol. The summed E-state index contributed by atoms with van der Waals surface area (Å²) in [6, 6.07) is 8.21. The number of hydrogen-bond acceptors (Lipinski definition) is 6. The molecule has 6 nitrogen and oxygen atoms in total. The van der Waals surface area contributed by atoms with E-state index >= 15 is 0 Å². The number of anilines is 1. The largest absolute Gasteiger partial charge is 0.487 e. The van der Waals surface area contributed by atoms with E-state index in [2.05, 4.69) is 36.5 Å². The lowest BCUT2D eigenvalue weighted by Gasteiger charge is -2.38. The maximum absolute atomic E-state index is 11.6. The van der Waals surface area contributed by atoms with Gasteiger partial charge in [-0.05, 0) is 81.9 Å². The van der Waals surface area contributed by atoms with Gasteiger partial charge in [-0.15, -0.1) is 0 Å². The van der Waals surface area contributed by atoms with Crippen molar-refractivity contribution < 1.29 is 19.1 Å². The van der Waals surface area contributed by atoms with Gasteiger partial charge < -0.3 is 9.47 Å². The normalized spacial score (nSPS) is 22.6. The highest BCUT2D eigenvalue weighted by molar-refractivity contribution is 5.75. The Morgan fingerprint density at radius 2 is 1.91 bits per heavy atom. The van der Waals surface area contributed by atoms with Gasteiger partial charge in [-0.2, -0.15) is 0 Å². The summed E-state index contributed by atoms with van der Waals surface area (Å²) in [5, 5.41) is 0. The fourth-order valence-electron chi connectivity index (χ4n) is 4.92. The number of nitrogens with zero attached hydrogens (tertiary/aromatic N) is 1. The van der Waals surface area contributed by atoms with E-state index in [1.54, 1.807) is 0 Å². The Kier molecular flexibility index (Phi) is 7.04. The van der Waals surface area contributed by atoms with Crippen LogP contribution in [0.4, 0.5) is 5.69 Å². The highest BCUT2D eigenvalue weighted by Gasteiger charge is 2.35. The third kappa shape index (κ3) is 5.43. The molecule has 2 heterocycles. The molecule has 0 radical (unpaired) electrons. The molecule has 0 saturated heterocycles. The van der Waals surface area contributed by atoms with Crippen molar-refractivity contribution in [1.82, 2.24) is 0 Å². The van der Waals surface area contributed by atoms with Crippen molar-refractivity contribution in [3.05, 3.63) is 64.2 Å². The van der Waals surface area contributed by atoms with Gasteiger partial charge in [-0.25, -0.2) is 0 Å². The van der Waals surface area contributed by atoms with Crippen molar-refractivity contribution in [1.29, 1.82) is 0 Å². The van der Waals surface area contributed by atoms with Crippen molar-refractivity contribution in [3.63, 3.8) is 0 Å². The van der Waals surface area contributed by atoms with Crippen LogP contribution in [0.25, 0.3) is 0 Å².